The SMILES string of the molecule is Cc1nc(-c2cccc(NC(=O)c3ccncc3)c2)oc1C. The Bertz CT molecular complexity index is 790. The number of aryl methyl sites for hydroxylation is 2. The second-order valence-electron chi connectivity index (χ2n) is 4.93. The van der Waals surface area contributed by atoms with Gasteiger partial charge in [-0.1, -0.05) is 6.07 Å². The zero-order valence-corrected chi connectivity index (χ0v) is 12.3. The number of rotatable bonds is 3. The van der Waals surface area contributed by atoms with Crippen LogP contribution < -0.4 is 5.32 Å². The van der Waals surface area contributed by atoms with Crippen LogP contribution in [0.25, 0.3) is 11.5 Å². The fourth-order valence-corrected chi connectivity index (χ4v) is 2.03. The Morgan fingerprint density at radius 3 is 2.59 bits per heavy atom. The third-order valence-electron chi connectivity index (χ3n) is 3.34. The predicted molar refractivity (Wildman–Crippen MR) is 83.6 cm³/mol. The van der Waals surface area contributed by atoms with Crippen LogP contribution in [0.1, 0.15) is 21.8 Å². The molecule has 0 bridgehead atoms. The number of carbonyl (C=O) groups excluding carboxylic acids is 1. The molecule has 0 aliphatic carbocycles. The molecule has 0 saturated carbocycles. The summed E-state index contributed by atoms with van der Waals surface area (Å²) >= 11 is 0. The summed E-state index contributed by atoms with van der Waals surface area (Å²) in [4.78, 5) is 20.4. The Morgan fingerprint density at radius 1 is 1.14 bits per heavy atom. The van der Waals surface area contributed by atoms with Crippen LogP contribution >= 0.6 is 0 Å². The van der Waals surface area contributed by atoms with Crippen LogP contribution in [0.5, 0.6) is 0 Å². The molecule has 22 heavy (non-hydrogen) atoms. The van der Waals surface area contributed by atoms with Gasteiger partial charge in [0, 0.05) is 29.2 Å². The summed E-state index contributed by atoms with van der Waals surface area (Å²) in [5.74, 6) is 1.16. The number of anilines is 1. The van der Waals surface area contributed by atoms with E-state index >= 15 is 0 Å². The molecule has 0 aliphatic rings. The Kier molecular flexibility index (Phi) is 3.70. The van der Waals surface area contributed by atoms with E-state index in [1.165, 1.54) is 0 Å². The molecule has 0 atom stereocenters. The molecule has 0 aliphatic heterocycles. The second-order valence-corrected chi connectivity index (χ2v) is 4.93. The summed E-state index contributed by atoms with van der Waals surface area (Å²) in [7, 11) is 0. The number of hydrogen-bond acceptors (Lipinski definition) is 4. The van der Waals surface area contributed by atoms with Crippen molar-refractivity contribution in [3.8, 4) is 11.5 Å². The molecule has 3 rings (SSSR count). The molecule has 1 amide bonds. The van der Waals surface area contributed by atoms with Crippen molar-refractivity contribution in [2.24, 2.45) is 0 Å². The third-order valence-corrected chi connectivity index (χ3v) is 3.34. The van der Waals surface area contributed by atoms with Gasteiger partial charge in [-0.15, -0.1) is 0 Å². The van der Waals surface area contributed by atoms with E-state index in [0.717, 1.165) is 17.0 Å². The van der Waals surface area contributed by atoms with E-state index in [0.29, 0.717) is 17.1 Å². The number of aromatic nitrogens is 2. The minimum absolute atomic E-state index is 0.181. The van der Waals surface area contributed by atoms with Gasteiger partial charge in [0.15, 0.2) is 0 Å². The highest BCUT2D eigenvalue weighted by atomic mass is 16.4. The van der Waals surface area contributed by atoms with Crippen molar-refractivity contribution in [1.82, 2.24) is 9.97 Å². The van der Waals surface area contributed by atoms with Crippen LogP contribution in [0, 0.1) is 13.8 Å². The Labute approximate surface area is 128 Å². The van der Waals surface area contributed by atoms with E-state index in [9.17, 15) is 4.79 Å². The zero-order valence-electron chi connectivity index (χ0n) is 12.3. The molecule has 5 heteroatoms. The first kappa shape index (κ1) is 14.0. The summed E-state index contributed by atoms with van der Waals surface area (Å²) in [5.41, 5.74) is 2.93. The van der Waals surface area contributed by atoms with Crippen LogP contribution in [-0.2, 0) is 0 Å². The fraction of sp³-hybridized carbons (Fsp3) is 0.118. The largest absolute Gasteiger partial charge is 0.441 e. The highest BCUT2D eigenvalue weighted by Gasteiger charge is 2.10. The van der Waals surface area contributed by atoms with Gasteiger partial charge in [-0.25, -0.2) is 4.98 Å². The number of hydrogen-bond donors (Lipinski definition) is 1. The maximum absolute atomic E-state index is 12.1. The average Bonchev–Trinajstić information content (AvgIpc) is 2.88. The molecular weight excluding hydrogens is 278 g/mol. The monoisotopic (exact) mass is 293 g/mol. The van der Waals surface area contributed by atoms with Crippen molar-refractivity contribution < 1.29 is 9.21 Å². The van der Waals surface area contributed by atoms with Crippen molar-refractivity contribution in [1.29, 1.82) is 0 Å². The van der Waals surface area contributed by atoms with Gasteiger partial charge in [-0.2, -0.15) is 0 Å². The highest BCUT2D eigenvalue weighted by molar-refractivity contribution is 6.04. The van der Waals surface area contributed by atoms with E-state index in [4.69, 9.17) is 4.42 Å². The number of nitrogens with zero attached hydrogens (tertiary/aromatic N) is 2. The molecule has 1 N–H and O–H groups in total. The first-order valence-corrected chi connectivity index (χ1v) is 6.89. The zero-order chi connectivity index (χ0) is 15.5. The van der Waals surface area contributed by atoms with Gasteiger partial charge < -0.3 is 9.73 Å². The Hall–Kier alpha value is -2.95. The lowest BCUT2D eigenvalue weighted by atomic mass is 10.2. The fourth-order valence-electron chi connectivity index (χ4n) is 2.03. The van der Waals surface area contributed by atoms with E-state index < -0.39 is 0 Å². The first-order chi connectivity index (χ1) is 10.6. The highest BCUT2D eigenvalue weighted by Crippen LogP contribution is 2.24. The average molecular weight is 293 g/mol. The molecule has 5 nitrogen and oxygen atoms in total. The number of nitrogens with one attached hydrogen (secondary N) is 1. The van der Waals surface area contributed by atoms with Crippen LogP contribution in [0.2, 0.25) is 0 Å². The van der Waals surface area contributed by atoms with Gasteiger partial charge in [-0.05, 0) is 44.2 Å². The molecule has 110 valence electrons. The molecule has 0 radical (unpaired) electrons. The molecular formula is C17H15N3O2. The van der Waals surface area contributed by atoms with Crippen molar-refractivity contribution >= 4 is 11.6 Å². The van der Waals surface area contributed by atoms with E-state index in [1.807, 2.05) is 38.1 Å². The van der Waals surface area contributed by atoms with Crippen LogP contribution in [0.15, 0.2) is 53.2 Å². The van der Waals surface area contributed by atoms with Gasteiger partial charge in [0.2, 0.25) is 5.89 Å². The molecule has 0 unspecified atom stereocenters. The minimum atomic E-state index is -0.181. The lowest BCUT2D eigenvalue weighted by molar-refractivity contribution is 0.102. The van der Waals surface area contributed by atoms with E-state index in [2.05, 4.69) is 15.3 Å². The number of amides is 1. The molecule has 2 heterocycles. The summed E-state index contributed by atoms with van der Waals surface area (Å²) < 4.78 is 5.61. The lowest BCUT2D eigenvalue weighted by Crippen LogP contribution is -2.11. The lowest BCUT2D eigenvalue weighted by Gasteiger charge is -2.06. The van der Waals surface area contributed by atoms with Gasteiger partial charge in [0.05, 0.1) is 5.69 Å². The second kappa shape index (κ2) is 5.81. The Morgan fingerprint density at radius 2 is 1.91 bits per heavy atom. The van der Waals surface area contributed by atoms with Crippen molar-refractivity contribution in [2.45, 2.75) is 13.8 Å². The van der Waals surface area contributed by atoms with Crippen molar-refractivity contribution in [2.75, 3.05) is 5.32 Å². The number of benzene rings is 1. The van der Waals surface area contributed by atoms with Gasteiger partial charge in [0.1, 0.15) is 5.76 Å². The number of oxazole rings is 1. The van der Waals surface area contributed by atoms with Crippen molar-refractivity contribution in [3.63, 3.8) is 0 Å². The topological polar surface area (TPSA) is 68.0 Å². The normalized spacial score (nSPS) is 10.5. The summed E-state index contributed by atoms with van der Waals surface area (Å²) in [6.07, 6.45) is 3.17. The number of carbonyl (C=O) groups is 1. The van der Waals surface area contributed by atoms with E-state index in [-0.39, 0.29) is 5.91 Å². The quantitative estimate of drug-likeness (QED) is 0.801. The number of pyridine rings is 1. The molecule has 0 saturated heterocycles. The first-order valence-electron chi connectivity index (χ1n) is 6.89. The van der Waals surface area contributed by atoms with E-state index in [1.54, 1.807) is 24.5 Å². The summed E-state index contributed by atoms with van der Waals surface area (Å²) in [5, 5.41) is 2.85. The predicted octanol–water partition coefficient (Wildman–Crippen LogP) is 3.61. The maximum atomic E-state index is 12.1. The molecule has 2 aromatic heterocycles. The van der Waals surface area contributed by atoms with Crippen LogP contribution in [-0.4, -0.2) is 15.9 Å². The van der Waals surface area contributed by atoms with Crippen LogP contribution in [0.3, 0.4) is 0 Å². The summed E-state index contributed by atoms with van der Waals surface area (Å²) in [6, 6.07) is 10.7. The van der Waals surface area contributed by atoms with Crippen LogP contribution in [0.4, 0.5) is 5.69 Å². The maximum Gasteiger partial charge on any atom is 0.255 e. The van der Waals surface area contributed by atoms with Crippen molar-refractivity contribution in [3.05, 3.63) is 65.8 Å². The van der Waals surface area contributed by atoms with Gasteiger partial charge in [0.25, 0.3) is 5.91 Å². The Balaban J connectivity index is 1.84. The minimum Gasteiger partial charge on any atom is -0.441 e. The molecule has 0 spiro atoms. The van der Waals surface area contributed by atoms with Gasteiger partial charge >= 0.3 is 0 Å². The molecule has 1 aromatic carbocycles. The third kappa shape index (κ3) is 2.88. The standard InChI is InChI=1S/C17H15N3O2/c1-11-12(2)22-17(19-11)14-4-3-5-15(10-14)20-16(21)13-6-8-18-9-7-13/h3-10H,1-2H3,(H,20,21). The van der Waals surface area contributed by atoms with Gasteiger partial charge in [-0.3, -0.25) is 9.78 Å². The molecule has 3 aromatic rings. The molecule has 0 fully saturated rings. The summed E-state index contributed by atoms with van der Waals surface area (Å²) in [6.45, 7) is 3.78. The smallest absolute Gasteiger partial charge is 0.255 e.